The Morgan fingerprint density at radius 1 is 1.21 bits per heavy atom. The molecule has 106 valence electrons. The molecule has 0 aliphatic heterocycles. The van der Waals surface area contributed by atoms with Gasteiger partial charge in [0.05, 0.1) is 13.0 Å². The molecule has 0 fully saturated rings. The van der Waals surface area contributed by atoms with E-state index in [1.54, 1.807) is 25.3 Å². The average molecular weight is 305 g/mol. The molecule has 0 saturated heterocycles. The van der Waals surface area contributed by atoms with E-state index >= 15 is 0 Å². The van der Waals surface area contributed by atoms with Crippen LogP contribution >= 0.6 is 23.2 Å². The van der Waals surface area contributed by atoms with Gasteiger partial charge < -0.3 is 15.4 Å². The molecule has 0 radical (unpaired) electrons. The van der Waals surface area contributed by atoms with Crippen LogP contribution in [-0.2, 0) is 16.0 Å². The van der Waals surface area contributed by atoms with Crippen LogP contribution in [0, 0.1) is 0 Å². The van der Waals surface area contributed by atoms with E-state index in [0.717, 1.165) is 6.54 Å². The molecule has 4 nitrogen and oxygen atoms in total. The summed E-state index contributed by atoms with van der Waals surface area (Å²) in [5.74, 6) is -0.0939. The van der Waals surface area contributed by atoms with Crippen molar-refractivity contribution in [3.63, 3.8) is 0 Å². The molecule has 1 aromatic carbocycles. The Morgan fingerprint density at radius 3 is 2.53 bits per heavy atom. The van der Waals surface area contributed by atoms with Gasteiger partial charge in [-0.3, -0.25) is 4.79 Å². The number of benzene rings is 1. The average Bonchev–Trinajstić information content (AvgIpc) is 2.38. The number of carbonyl (C=O) groups excluding carboxylic acids is 1. The maximum Gasteiger partial charge on any atom is 0.224 e. The van der Waals surface area contributed by atoms with Gasteiger partial charge in [0.2, 0.25) is 5.91 Å². The van der Waals surface area contributed by atoms with Gasteiger partial charge >= 0.3 is 0 Å². The molecule has 0 aliphatic carbocycles. The van der Waals surface area contributed by atoms with Gasteiger partial charge in [0, 0.05) is 36.8 Å². The second-order valence-corrected chi connectivity index (χ2v) is 4.78. The maximum absolute atomic E-state index is 11.7. The second kappa shape index (κ2) is 9.15. The summed E-state index contributed by atoms with van der Waals surface area (Å²) in [6.07, 6.45) is 0.191. The lowest BCUT2D eigenvalue weighted by molar-refractivity contribution is -0.120. The zero-order chi connectivity index (χ0) is 14.1. The zero-order valence-electron chi connectivity index (χ0n) is 10.8. The van der Waals surface area contributed by atoms with Crippen LogP contribution in [0.25, 0.3) is 0 Å². The van der Waals surface area contributed by atoms with E-state index in [4.69, 9.17) is 27.9 Å². The molecule has 6 heteroatoms. The number of hydrogen-bond donors (Lipinski definition) is 2. The Hall–Kier alpha value is -0.810. The maximum atomic E-state index is 11.7. The van der Waals surface area contributed by atoms with Crippen molar-refractivity contribution >= 4 is 29.1 Å². The van der Waals surface area contributed by atoms with Crippen molar-refractivity contribution in [1.82, 2.24) is 10.6 Å². The molecule has 0 saturated carbocycles. The van der Waals surface area contributed by atoms with E-state index in [1.807, 2.05) is 0 Å². The minimum atomic E-state index is -0.0939. The quantitative estimate of drug-likeness (QED) is 0.721. The lowest BCUT2D eigenvalue weighted by atomic mass is 10.1. The SMILES string of the molecule is COCCNCCNC(=O)Cc1c(Cl)cccc1Cl. The third-order valence-corrected chi connectivity index (χ3v) is 3.21. The topological polar surface area (TPSA) is 50.4 Å². The van der Waals surface area contributed by atoms with E-state index in [1.165, 1.54) is 0 Å². The Balaban J connectivity index is 2.28. The summed E-state index contributed by atoms with van der Waals surface area (Å²) in [5, 5.41) is 6.97. The van der Waals surface area contributed by atoms with Crippen molar-refractivity contribution < 1.29 is 9.53 Å². The second-order valence-electron chi connectivity index (χ2n) is 3.97. The van der Waals surface area contributed by atoms with Crippen LogP contribution in [0.1, 0.15) is 5.56 Å². The third-order valence-electron chi connectivity index (χ3n) is 2.51. The van der Waals surface area contributed by atoms with Crippen molar-refractivity contribution in [2.75, 3.05) is 33.4 Å². The summed E-state index contributed by atoms with van der Waals surface area (Å²) in [4.78, 5) is 11.7. The summed E-state index contributed by atoms with van der Waals surface area (Å²) in [7, 11) is 1.65. The van der Waals surface area contributed by atoms with Gasteiger partial charge in [-0.15, -0.1) is 0 Å². The van der Waals surface area contributed by atoms with Crippen LogP contribution in [0.15, 0.2) is 18.2 Å². The zero-order valence-corrected chi connectivity index (χ0v) is 12.4. The van der Waals surface area contributed by atoms with E-state index in [0.29, 0.717) is 35.3 Å². The van der Waals surface area contributed by atoms with Gasteiger partial charge in [0.25, 0.3) is 0 Å². The standard InChI is InChI=1S/C13H18Cl2N2O2/c1-19-8-7-16-5-6-17-13(18)9-10-11(14)3-2-4-12(10)15/h2-4,16H,5-9H2,1H3,(H,17,18). The predicted octanol–water partition coefficient (Wildman–Crippen LogP) is 1.89. The van der Waals surface area contributed by atoms with Crippen LogP contribution in [0.3, 0.4) is 0 Å². The summed E-state index contributed by atoms with van der Waals surface area (Å²) >= 11 is 12.0. The van der Waals surface area contributed by atoms with Crippen molar-refractivity contribution in [3.8, 4) is 0 Å². The third kappa shape index (κ3) is 6.25. The summed E-state index contributed by atoms with van der Waals surface area (Å²) in [5.41, 5.74) is 0.663. The molecule has 1 aromatic rings. The van der Waals surface area contributed by atoms with Crippen molar-refractivity contribution in [3.05, 3.63) is 33.8 Å². The van der Waals surface area contributed by atoms with Crippen molar-refractivity contribution in [2.45, 2.75) is 6.42 Å². The van der Waals surface area contributed by atoms with Crippen LogP contribution in [0.4, 0.5) is 0 Å². The van der Waals surface area contributed by atoms with Gasteiger partial charge in [0.1, 0.15) is 0 Å². The Morgan fingerprint density at radius 2 is 1.89 bits per heavy atom. The lowest BCUT2D eigenvalue weighted by Gasteiger charge is -2.08. The molecular weight excluding hydrogens is 287 g/mol. The highest BCUT2D eigenvalue weighted by Crippen LogP contribution is 2.24. The van der Waals surface area contributed by atoms with Gasteiger partial charge in [-0.25, -0.2) is 0 Å². The van der Waals surface area contributed by atoms with Crippen LogP contribution < -0.4 is 10.6 Å². The molecule has 0 aromatic heterocycles. The summed E-state index contributed by atoms with van der Waals surface area (Å²) in [6.45, 7) is 2.68. The fourth-order valence-electron chi connectivity index (χ4n) is 1.51. The van der Waals surface area contributed by atoms with Gasteiger partial charge in [-0.2, -0.15) is 0 Å². The highest BCUT2D eigenvalue weighted by Gasteiger charge is 2.10. The monoisotopic (exact) mass is 304 g/mol. The minimum absolute atomic E-state index is 0.0939. The molecule has 0 aliphatic rings. The van der Waals surface area contributed by atoms with Gasteiger partial charge in [0.15, 0.2) is 0 Å². The molecule has 2 N–H and O–H groups in total. The molecular formula is C13H18Cl2N2O2. The number of amides is 1. The minimum Gasteiger partial charge on any atom is -0.383 e. The van der Waals surface area contributed by atoms with Gasteiger partial charge in [-0.05, 0) is 17.7 Å². The fourth-order valence-corrected chi connectivity index (χ4v) is 2.04. The molecule has 0 spiro atoms. The first-order valence-electron chi connectivity index (χ1n) is 6.04. The van der Waals surface area contributed by atoms with Gasteiger partial charge in [-0.1, -0.05) is 29.3 Å². The number of hydrogen-bond acceptors (Lipinski definition) is 3. The van der Waals surface area contributed by atoms with Crippen LogP contribution in [0.5, 0.6) is 0 Å². The lowest BCUT2D eigenvalue weighted by Crippen LogP contribution is -2.33. The molecule has 0 unspecified atom stereocenters. The number of ether oxygens (including phenoxy) is 1. The Labute approximate surface area is 123 Å². The van der Waals surface area contributed by atoms with E-state index in [9.17, 15) is 4.79 Å². The van der Waals surface area contributed by atoms with Crippen LogP contribution in [-0.4, -0.2) is 39.3 Å². The largest absolute Gasteiger partial charge is 0.383 e. The number of carbonyl (C=O) groups is 1. The smallest absolute Gasteiger partial charge is 0.224 e. The van der Waals surface area contributed by atoms with E-state index < -0.39 is 0 Å². The van der Waals surface area contributed by atoms with E-state index in [-0.39, 0.29) is 12.3 Å². The van der Waals surface area contributed by atoms with Crippen molar-refractivity contribution in [2.24, 2.45) is 0 Å². The first-order chi connectivity index (χ1) is 9.15. The molecule has 0 heterocycles. The number of halogens is 2. The highest BCUT2D eigenvalue weighted by atomic mass is 35.5. The Bertz CT molecular complexity index is 393. The molecule has 0 atom stereocenters. The fraction of sp³-hybridized carbons (Fsp3) is 0.462. The molecule has 1 amide bonds. The molecule has 0 bridgehead atoms. The predicted molar refractivity (Wildman–Crippen MR) is 77.9 cm³/mol. The van der Waals surface area contributed by atoms with Crippen molar-refractivity contribution in [1.29, 1.82) is 0 Å². The first kappa shape index (κ1) is 16.2. The summed E-state index contributed by atoms with van der Waals surface area (Å²) < 4.78 is 4.90. The van der Waals surface area contributed by atoms with E-state index in [2.05, 4.69) is 10.6 Å². The highest BCUT2D eigenvalue weighted by molar-refractivity contribution is 6.36. The first-order valence-corrected chi connectivity index (χ1v) is 6.80. The Kier molecular flexibility index (Phi) is 7.82. The number of rotatable bonds is 8. The van der Waals surface area contributed by atoms with Crippen LogP contribution in [0.2, 0.25) is 10.0 Å². The number of nitrogens with one attached hydrogen (secondary N) is 2. The molecule has 19 heavy (non-hydrogen) atoms. The number of methoxy groups -OCH3 is 1. The molecule has 1 rings (SSSR count). The normalized spacial score (nSPS) is 10.5. The summed E-state index contributed by atoms with van der Waals surface area (Å²) in [6, 6.07) is 5.20.